The number of ether oxygens (including phenoxy) is 1. The van der Waals surface area contributed by atoms with E-state index in [4.69, 9.17) is 4.74 Å². The van der Waals surface area contributed by atoms with E-state index in [0.29, 0.717) is 6.61 Å². The molecule has 0 spiro atoms. The molecule has 1 aromatic carbocycles. The van der Waals surface area contributed by atoms with Gasteiger partial charge in [-0.15, -0.1) is 0 Å². The van der Waals surface area contributed by atoms with Gasteiger partial charge in [-0.25, -0.2) is 0 Å². The van der Waals surface area contributed by atoms with Crippen molar-refractivity contribution < 1.29 is 9.84 Å². The molecular formula is C14H21NO2. The van der Waals surface area contributed by atoms with Crippen molar-refractivity contribution in [2.75, 3.05) is 26.2 Å². The van der Waals surface area contributed by atoms with Crippen molar-refractivity contribution in [3.63, 3.8) is 0 Å². The zero-order valence-corrected chi connectivity index (χ0v) is 10.2. The number of hydrogen-bond acceptors (Lipinski definition) is 3. The summed E-state index contributed by atoms with van der Waals surface area (Å²) < 4.78 is 5.65. The van der Waals surface area contributed by atoms with Gasteiger partial charge in [-0.05, 0) is 18.4 Å². The van der Waals surface area contributed by atoms with Gasteiger partial charge >= 0.3 is 0 Å². The highest BCUT2D eigenvalue weighted by molar-refractivity contribution is 5.13. The second kappa shape index (κ2) is 6.74. The van der Waals surface area contributed by atoms with Crippen molar-refractivity contribution >= 4 is 0 Å². The largest absolute Gasteiger partial charge is 0.393 e. The molecule has 0 saturated carbocycles. The van der Waals surface area contributed by atoms with Crippen LogP contribution in [0.1, 0.15) is 18.4 Å². The maximum atomic E-state index is 9.39. The molecule has 0 radical (unpaired) electrons. The molecule has 0 atom stereocenters. The van der Waals surface area contributed by atoms with Gasteiger partial charge in [-0.2, -0.15) is 0 Å². The van der Waals surface area contributed by atoms with Crippen molar-refractivity contribution in [1.82, 2.24) is 4.90 Å². The van der Waals surface area contributed by atoms with Crippen LogP contribution in [0, 0.1) is 0 Å². The molecule has 1 heterocycles. The first-order chi connectivity index (χ1) is 8.34. The van der Waals surface area contributed by atoms with Gasteiger partial charge in [0.15, 0.2) is 0 Å². The third kappa shape index (κ3) is 4.46. The summed E-state index contributed by atoms with van der Waals surface area (Å²) in [5.41, 5.74) is 1.22. The van der Waals surface area contributed by atoms with E-state index in [1.807, 2.05) is 18.2 Å². The van der Waals surface area contributed by atoms with Gasteiger partial charge in [-0.3, -0.25) is 0 Å². The molecule has 17 heavy (non-hydrogen) atoms. The molecule has 0 amide bonds. The second-order valence-electron chi connectivity index (χ2n) is 4.61. The lowest BCUT2D eigenvalue weighted by Gasteiger charge is -2.29. The SMILES string of the molecule is OC1CCN(CCOCc2ccccc2)CC1. The summed E-state index contributed by atoms with van der Waals surface area (Å²) in [5.74, 6) is 0. The van der Waals surface area contributed by atoms with Gasteiger partial charge in [0.1, 0.15) is 0 Å². The van der Waals surface area contributed by atoms with Crippen molar-refractivity contribution in [3.8, 4) is 0 Å². The number of benzene rings is 1. The van der Waals surface area contributed by atoms with Crippen LogP contribution in [-0.4, -0.2) is 42.4 Å². The molecule has 1 aromatic rings. The minimum absolute atomic E-state index is 0.0866. The number of piperidine rings is 1. The quantitative estimate of drug-likeness (QED) is 0.788. The Kier molecular flexibility index (Phi) is 4.98. The minimum atomic E-state index is -0.0866. The smallest absolute Gasteiger partial charge is 0.0717 e. The molecule has 3 nitrogen and oxygen atoms in total. The Bertz CT molecular complexity index is 307. The Morgan fingerprint density at radius 3 is 2.59 bits per heavy atom. The highest BCUT2D eigenvalue weighted by atomic mass is 16.5. The maximum Gasteiger partial charge on any atom is 0.0717 e. The monoisotopic (exact) mass is 235 g/mol. The third-order valence-electron chi connectivity index (χ3n) is 3.22. The second-order valence-corrected chi connectivity index (χ2v) is 4.61. The molecule has 3 heteroatoms. The number of nitrogens with zero attached hydrogens (tertiary/aromatic N) is 1. The summed E-state index contributed by atoms with van der Waals surface area (Å²) >= 11 is 0. The number of rotatable bonds is 5. The highest BCUT2D eigenvalue weighted by Gasteiger charge is 2.15. The van der Waals surface area contributed by atoms with Gasteiger partial charge in [0.2, 0.25) is 0 Å². The average molecular weight is 235 g/mol. The zero-order valence-electron chi connectivity index (χ0n) is 10.2. The molecule has 1 saturated heterocycles. The van der Waals surface area contributed by atoms with Gasteiger partial charge < -0.3 is 14.7 Å². The van der Waals surface area contributed by atoms with Crippen LogP contribution in [0.5, 0.6) is 0 Å². The first kappa shape index (κ1) is 12.6. The average Bonchev–Trinajstić information content (AvgIpc) is 2.38. The molecular weight excluding hydrogens is 214 g/mol. The van der Waals surface area contributed by atoms with E-state index in [2.05, 4.69) is 17.0 Å². The summed E-state index contributed by atoms with van der Waals surface area (Å²) in [7, 11) is 0. The summed E-state index contributed by atoms with van der Waals surface area (Å²) in [6, 6.07) is 10.2. The molecule has 1 aliphatic heterocycles. The van der Waals surface area contributed by atoms with Gasteiger partial charge in [0.05, 0.1) is 19.3 Å². The molecule has 0 aromatic heterocycles. The number of aliphatic hydroxyl groups excluding tert-OH is 1. The number of hydrogen-bond donors (Lipinski definition) is 1. The van der Waals surface area contributed by atoms with Crippen LogP contribution >= 0.6 is 0 Å². The Labute approximate surface area is 103 Å². The lowest BCUT2D eigenvalue weighted by atomic mass is 10.1. The van der Waals surface area contributed by atoms with Crippen LogP contribution in [0.25, 0.3) is 0 Å². The van der Waals surface area contributed by atoms with Crippen molar-refractivity contribution in [3.05, 3.63) is 35.9 Å². The zero-order chi connectivity index (χ0) is 11.9. The van der Waals surface area contributed by atoms with Crippen LogP contribution in [0.15, 0.2) is 30.3 Å². The van der Waals surface area contributed by atoms with Crippen LogP contribution in [-0.2, 0) is 11.3 Å². The van der Waals surface area contributed by atoms with E-state index in [-0.39, 0.29) is 6.10 Å². The van der Waals surface area contributed by atoms with Gasteiger partial charge in [-0.1, -0.05) is 30.3 Å². The van der Waals surface area contributed by atoms with E-state index in [9.17, 15) is 5.11 Å². The third-order valence-corrected chi connectivity index (χ3v) is 3.22. The van der Waals surface area contributed by atoms with Crippen LogP contribution in [0.3, 0.4) is 0 Å². The standard InChI is InChI=1S/C14H21NO2/c16-14-6-8-15(9-7-14)10-11-17-12-13-4-2-1-3-5-13/h1-5,14,16H,6-12H2. The molecule has 1 aliphatic rings. The van der Waals surface area contributed by atoms with Crippen LogP contribution < -0.4 is 0 Å². The predicted octanol–water partition coefficient (Wildman–Crippen LogP) is 1.66. The maximum absolute atomic E-state index is 9.39. The highest BCUT2D eigenvalue weighted by Crippen LogP contribution is 2.09. The fourth-order valence-corrected chi connectivity index (χ4v) is 2.10. The van der Waals surface area contributed by atoms with Crippen LogP contribution in [0.2, 0.25) is 0 Å². The van der Waals surface area contributed by atoms with E-state index in [1.165, 1.54) is 5.56 Å². The van der Waals surface area contributed by atoms with Gasteiger partial charge in [0.25, 0.3) is 0 Å². The normalized spacial score (nSPS) is 18.4. The number of likely N-dealkylation sites (tertiary alicyclic amines) is 1. The van der Waals surface area contributed by atoms with E-state index in [0.717, 1.165) is 39.1 Å². The summed E-state index contributed by atoms with van der Waals surface area (Å²) in [6.45, 7) is 4.42. The molecule has 2 rings (SSSR count). The van der Waals surface area contributed by atoms with Crippen LogP contribution in [0.4, 0.5) is 0 Å². The molecule has 1 N–H and O–H groups in total. The molecule has 0 unspecified atom stereocenters. The Morgan fingerprint density at radius 1 is 1.18 bits per heavy atom. The Morgan fingerprint density at radius 2 is 1.88 bits per heavy atom. The molecule has 1 fully saturated rings. The van der Waals surface area contributed by atoms with E-state index >= 15 is 0 Å². The fraction of sp³-hybridized carbons (Fsp3) is 0.571. The molecule has 0 aliphatic carbocycles. The molecule has 0 bridgehead atoms. The topological polar surface area (TPSA) is 32.7 Å². The van der Waals surface area contributed by atoms with Crippen molar-refractivity contribution in [2.45, 2.75) is 25.6 Å². The summed E-state index contributed by atoms with van der Waals surface area (Å²) in [5, 5.41) is 9.39. The van der Waals surface area contributed by atoms with E-state index in [1.54, 1.807) is 0 Å². The summed E-state index contributed by atoms with van der Waals surface area (Å²) in [4.78, 5) is 2.36. The predicted molar refractivity (Wildman–Crippen MR) is 67.8 cm³/mol. The van der Waals surface area contributed by atoms with Crippen molar-refractivity contribution in [2.24, 2.45) is 0 Å². The van der Waals surface area contributed by atoms with E-state index < -0.39 is 0 Å². The Balaban J connectivity index is 1.57. The lowest BCUT2D eigenvalue weighted by Crippen LogP contribution is -2.37. The Hall–Kier alpha value is -0.900. The minimum Gasteiger partial charge on any atom is -0.393 e. The van der Waals surface area contributed by atoms with Gasteiger partial charge in [0, 0.05) is 19.6 Å². The summed E-state index contributed by atoms with van der Waals surface area (Å²) in [6.07, 6.45) is 1.72. The first-order valence-electron chi connectivity index (χ1n) is 6.36. The lowest BCUT2D eigenvalue weighted by molar-refractivity contribution is 0.0515. The fourth-order valence-electron chi connectivity index (χ4n) is 2.10. The van der Waals surface area contributed by atoms with Crippen molar-refractivity contribution in [1.29, 1.82) is 0 Å². The first-order valence-corrected chi connectivity index (χ1v) is 6.36. The number of aliphatic hydroxyl groups is 1. The molecule has 94 valence electrons.